The molecule has 2 N–H and O–H groups in total. The maximum atomic E-state index is 13.4. The minimum atomic E-state index is 0.00567. The van der Waals surface area contributed by atoms with Crippen molar-refractivity contribution in [2.24, 2.45) is 7.05 Å². The van der Waals surface area contributed by atoms with Gasteiger partial charge in [-0.05, 0) is 62.2 Å². The third-order valence-corrected chi connectivity index (χ3v) is 7.13. The van der Waals surface area contributed by atoms with E-state index in [-0.39, 0.29) is 11.8 Å². The number of para-hydroxylation sites is 1. The van der Waals surface area contributed by atoms with Gasteiger partial charge >= 0.3 is 0 Å². The SMILES string of the molecule is Cc1ncn(C)c1C(=O)N1CCC[C@@H](c2nn(-c3ccc(Oc4ccccc4)cc3)c3c(N)nccc23)C1. The maximum absolute atomic E-state index is 13.4. The number of fused-ring (bicyclic) bond motifs is 1. The number of nitrogen functional groups attached to an aromatic ring is 1. The van der Waals surface area contributed by atoms with Gasteiger partial charge in [-0.25, -0.2) is 14.6 Å². The highest BCUT2D eigenvalue weighted by molar-refractivity contribution is 5.94. The second-order valence-corrected chi connectivity index (χ2v) is 9.68. The molecule has 0 saturated carbocycles. The van der Waals surface area contributed by atoms with Gasteiger partial charge in [0.1, 0.15) is 28.5 Å². The standard InChI is InChI=1S/C29H29N7O2/c1-19-26(34(2)18-32-19)29(37)35-16-6-7-20(17-35)25-24-14-15-31-28(30)27(24)36(33-25)21-10-12-23(13-11-21)38-22-8-4-3-5-9-22/h3-5,8-15,18,20H,6-7,16-17H2,1-2H3,(H2,30,31)/t20-/m1/s1. The zero-order valence-electron chi connectivity index (χ0n) is 21.4. The zero-order chi connectivity index (χ0) is 26.2. The molecular weight excluding hydrogens is 478 g/mol. The van der Waals surface area contributed by atoms with Gasteiger partial charge in [0.05, 0.1) is 23.4 Å². The Morgan fingerprint density at radius 1 is 1.03 bits per heavy atom. The molecule has 1 aliphatic rings. The first kappa shape index (κ1) is 23.7. The Labute approximate surface area is 220 Å². The lowest BCUT2D eigenvalue weighted by Gasteiger charge is -2.32. The van der Waals surface area contributed by atoms with Crippen LogP contribution < -0.4 is 10.5 Å². The van der Waals surface area contributed by atoms with Crippen LogP contribution in [0.25, 0.3) is 16.6 Å². The van der Waals surface area contributed by atoms with Gasteiger partial charge in [-0.2, -0.15) is 5.10 Å². The third-order valence-electron chi connectivity index (χ3n) is 7.13. The van der Waals surface area contributed by atoms with E-state index in [9.17, 15) is 4.79 Å². The number of amides is 1. The summed E-state index contributed by atoms with van der Waals surface area (Å²) in [5.41, 5.74) is 10.3. The highest BCUT2D eigenvalue weighted by Gasteiger charge is 2.31. The summed E-state index contributed by atoms with van der Waals surface area (Å²) in [6.07, 6.45) is 5.24. The van der Waals surface area contributed by atoms with Gasteiger partial charge in [0.2, 0.25) is 0 Å². The molecule has 0 aliphatic carbocycles. The van der Waals surface area contributed by atoms with Crippen molar-refractivity contribution in [2.75, 3.05) is 18.8 Å². The van der Waals surface area contributed by atoms with Crippen LogP contribution in [-0.2, 0) is 7.05 Å². The minimum absolute atomic E-state index is 0.00567. The Morgan fingerprint density at radius 3 is 2.53 bits per heavy atom. The van der Waals surface area contributed by atoms with E-state index < -0.39 is 0 Å². The zero-order valence-corrected chi connectivity index (χ0v) is 21.4. The van der Waals surface area contributed by atoms with E-state index in [0.717, 1.165) is 52.3 Å². The van der Waals surface area contributed by atoms with Crippen LogP contribution in [0.3, 0.4) is 0 Å². The quantitative estimate of drug-likeness (QED) is 0.364. The molecule has 4 heterocycles. The van der Waals surface area contributed by atoms with Crippen LogP contribution >= 0.6 is 0 Å². The van der Waals surface area contributed by atoms with Gasteiger partial charge in [-0.15, -0.1) is 0 Å². The van der Waals surface area contributed by atoms with Crippen molar-refractivity contribution in [3.63, 3.8) is 0 Å². The summed E-state index contributed by atoms with van der Waals surface area (Å²) in [4.78, 5) is 23.9. The molecule has 5 aromatic rings. The summed E-state index contributed by atoms with van der Waals surface area (Å²) < 4.78 is 9.60. The number of ether oxygens (including phenoxy) is 1. The Bertz CT molecular complexity index is 1590. The molecule has 0 radical (unpaired) electrons. The number of piperidine rings is 1. The number of anilines is 1. The lowest BCUT2D eigenvalue weighted by atomic mass is 9.92. The average Bonchev–Trinajstić information content (AvgIpc) is 3.50. The fraction of sp³-hybridized carbons (Fsp3) is 0.241. The number of hydrogen-bond donors (Lipinski definition) is 1. The number of aryl methyl sites for hydroxylation is 2. The van der Waals surface area contributed by atoms with Crippen LogP contribution in [0, 0.1) is 6.92 Å². The average molecular weight is 508 g/mol. The maximum Gasteiger partial charge on any atom is 0.272 e. The Hall–Kier alpha value is -4.66. The number of rotatable bonds is 5. The third kappa shape index (κ3) is 4.26. The molecule has 1 saturated heterocycles. The van der Waals surface area contributed by atoms with Crippen molar-refractivity contribution < 1.29 is 9.53 Å². The lowest BCUT2D eigenvalue weighted by Crippen LogP contribution is -2.40. The first-order valence-corrected chi connectivity index (χ1v) is 12.7. The molecule has 0 spiro atoms. The van der Waals surface area contributed by atoms with E-state index in [2.05, 4.69) is 9.97 Å². The Morgan fingerprint density at radius 2 is 1.79 bits per heavy atom. The van der Waals surface area contributed by atoms with Crippen LogP contribution in [0.1, 0.15) is 40.6 Å². The summed E-state index contributed by atoms with van der Waals surface area (Å²) in [7, 11) is 1.86. The molecule has 1 amide bonds. The van der Waals surface area contributed by atoms with Crippen molar-refractivity contribution >= 4 is 22.6 Å². The molecule has 1 fully saturated rings. The lowest BCUT2D eigenvalue weighted by molar-refractivity contribution is 0.0695. The second-order valence-electron chi connectivity index (χ2n) is 9.68. The summed E-state index contributed by atoms with van der Waals surface area (Å²) >= 11 is 0. The van der Waals surface area contributed by atoms with Crippen molar-refractivity contribution in [3.8, 4) is 17.2 Å². The number of likely N-dealkylation sites (tertiary alicyclic amines) is 1. The summed E-state index contributed by atoms with van der Waals surface area (Å²) in [6, 6.07) is 19.4. The van der Waals surface area contributed by atoms with E-state index in [1.807, 2.05) is 84.2 Å². The predicted molar refractivity (Wildman–Crippen MR) is 146 cm³/mol. The molecule has 38 heavy (non-hydrogen) atoms. The highest BCUT2D eigenvalue weighted by atomic mass is 16.5. The normalized spacial score (nSPS) is 15.6. The molecule has 1 atom stereocenters. The molecule has 9 heteroatoms. The number of carbonyl (C=O) groups is 1. The van der Waals surface area contributed by atoms with Crippen LogP contribution in [0.5, 0.6) is 11.5 Å². The Kier molecular flexibility index (Phi) is 6.03. The number of pyridine rings is 1. The fourth-order valence-corrected chi connectivity index (χ4v) is 5.27. The largest absolute Gasteiger partial charge is 0.457 e. The first-order valence-electron chi connectivity index (χ1n) is 12.7. The summed E-state index contributed by atoms with van der Waals surface area (Å²) in [5.74, 6) is 2.01. The van der Waals surface area contributed by atoms with E-state index in [1.165, 1.54) is 0 Å². The van der Waals surface area contributed by atoms with Crippen molar-refractivity contribution in [1.29, 1.82) is 0 Å². The van der Waals surface area contributed by atoms with E-state index in [1.54, 1.807) is 17.1 Å². The molecule has 3 aromatic heterocycles. The molecule has 2 aromatic carbocycles. The topological polar surface area (TPSA) is 104 Å². The number of hydrogen-bond acceptors (Lipinski definition) is 6. The number of carbonyl (C=O) groups excluding carboxylic acids is 1. The molecule has 6 rings (SSSR count). The first-order chi connectivity index (χ1) is 18.5. The minimum Gasteiger partial charge on any atom is -0.457 e. The molecular formula is C29H29N7O2. The molecule has 0 bridgehead atoms. The highest BCUT2D eigenvalue weighted by Crippen LogP contribution is 2.35. The van der Waals surface area contributed by atoms with Crippen LogP contribution in [0.2, 0.25) is 0 Å². The monoisotopic (exact) mass is 507 g/mol. The Balaban J connectivity index is 1.32. The predicted octanol–water partition coefficient (Wildman–Crippen LogP) is 4.86. The smallest absolute Gasteiger partial charge is 0.272 e. The number of imidazole rings is 1. The second kappa shape index (κ2) is 9.66. The summed E-state index contributed by atoms with van der Waals surface area (Å²) in [6.45, 7) is 3.17. The van der Waals surface area contributed by atoms with Crippen LogP contribution in [0.4, 0.5) is 5.82 Å². The number of benzene rings is 2. The van der Waals surface area contributed by atoms with E-state index >= 15 is 0 Å². The fourth-order valence-electron chi connectivity index (χ4n) is 5.27. The number of aromatic nitrogens is 5. The number of nitrogens with two attached hydrogens (primary N) is 1. The van der Waals surface area contributed by atoms with Crippen molar-refractivity contribution in [1.82, 2.24) is 29.2 Å². The summed E-state index contributed by atoms with van der Waals surface area (Å²) in [5, 5.41) is 6.01. The van der Waals surface area contributed by atoms with E-state index in [4.69, 9.17) is 15.6 Å². The van der Waals surface area contributed by atoms with Gasteiger partial charge in [0, 0.05) is 37.6 Å². The van der Waals surface area contributed by atoms with Gasteiger partial charge in [0.25, 0.3) is 5.91 Å². The van der Waals surface area contributed by atoms with Crippen molar-refractivity contribution in [3.05, 3.63) is 90.3 Å². The van der Waals surface area contributed by atoms with Gasteiger partial charge < -0.3 is 19.9 Å². The van der Waals surface area contributed by atoms with Crippen LogP contribution in [-0.4, -0.2) is 48.2 Å². The molecule has 192 valence electrons. The van der Waals surface area contributed by atoms with E-state index in [0.29, 0.717) is 24.6 Å². The van der Waals surface area contributed by atoms with Gasteiger partial charge in [-0.3, -0.25) is 4.79 Å². The van der Waals surface area contributed by atoms with Crippen molar-refractivity contribution in [2.45, 2.75) is 25.7 Å². The van der Waals surface area contributed by atoms with Gasteiger partial charge in [-0.1, -0.05) is 18.2 Å². The van der Waals surface area contributed by atoms with Gasteiger partial charge in [0.15, 0.2) is 0 Å². The molecule has 1 aliphatic heterocycles. The molecule has 0 unspecified atom stereocenters. The van der Waals surface area contributed by atoms with Crippen LogP contribution in [0.15, 0.2) is 73.2 Å². The molecule has 9 nitrogen and oxygen atoms in total. The number of nitrogens with zero attached hydrogens (tertiary/aromatic N) is 6.